The summed E-state index contributed by atoms with van der Waals surface area (Å²) >= 11 is 0. The van der Waals surface area contributed by atoms with Gasteiger partial charge in [0.25, 0.3) is 0 Å². The molecule has 0 aliphatic rings. The molecule has 0 saturated heterocycles. The van der Waals surface area contributed by atoms with E-state index in [9.17, 15) is 0 Å². The molecule has 0 radical (unpaired) electrons. The van der Waals surface area contributed by atoms with Gasteiger partial charge in [0.1, 0.15) is 11.8 Å². The van der Waals surface area contributed by atoms with Gasteiger partial charge in [0.05, 0.1) is 18.0 Å². The topological polar surface area (TPSA) is 63.7 Å². The third kappa shape index (κ3) is 3.85. The summed E-state index contributed by atoms with van der Waals surface area (Å²) < 4.78 is 7.43. The van der Waals surface area contributed by atoms with Crippen molar-refractivity contribution in [1.29, 1.82) is 5.26 Å². The molecule has 0 amide bonds. The second-order valence-corrected chi connectivity index (χ2v) is 5.71. The third-order valence-electron chi connectivity index (χ3n) is 3.30. The molecule has 1 aromatic heterocycles. The Balaban J connectivity index is 2.21. The molecule has 0 unspecified atom stereocenters. The summed E-state index contributed by atoms with van der Waals surface area (Å²) in [6.45, 7) is 7.06. The van der Waals surface area contributed by atoms with Crippen LogP contribution in [-0.2, 0) is 6.42 Å². The summed E-state index contributed by atoms with van der Waals surface area (Å²) in [4.78, 5) is 0. The van der Waals surface area contributed by atoms with Crippen LogP contribution in [0.15, 0.2) is 24.3 Å². The van der Waals surface area contributed by atoms with Gasteiger partial charge in [0.15, 0.2) is 5.69 Å². The molecule has 22 heavy (non-hydrogen) atoms. The van der Waals surface area contributed by atoms with Crippen LogP contribution in [-0.4, -0.2) is 21.6 Å². The van der Waals surface area contributed by atoms with Crippen LogP contribution < -0.4 is 4.74 Å². The highest BCUT2D eigenvalue weighted by Gasteiger charge is 2.13. The van der Waals surface area contributed by atoms with Crippen molar-refractivity contribution in [3.8, 4) is 17.5 Å². The minimum atomic E-state index is 0.411. The van der Waals surface area contributed by atoms with Crippen molar-refractivity contribution >= 4 is 0 Å². The van der Waals surface area contributed by atoms with Gasteiger partial charge >= 0.3 is 0 Å². The van der Waals surface area contributed by atoms with Crippen LogP contribution in [0.1, 0.15) is 45.0 Å². The molecule has 1 heterocycles. The lowest BCUT2D eigenvalue weighted by atomic mass is 10.1. The Kier molecular flexibility index (Phi) is 5.54. The predicted octanol–water partition coefficient (Wildman–Crippen LogP) is 3.52. The molecule has 2 aromatic rings. The maximum absolute atomic E-state index is 9.16. The first kappa shape index (κ1) is 16.0. The van der Waals surface area contributed by atoms with Gasteiger partial charge in [0, 0.05) is 0 Å². The van der Waals surface area contributed by atoms with E-state index in [1.807, 2.05) is 24.3 Å². The minimum Gasteiger partial charge on any atom is -0.493 e. The van der Waals surface area contributed by atoms with Crippen LogP contribution in [0.4, 0.5) is 0 Å². The maximum atomic E-state index is 9.16. The number of nitrogens with zero attached hydrogens (tertiary/aromatic N) is 4. The molecular weight excluding hydrogens is 276 g/mol. The molecule has 5 heteroatoms. The fourth-order valence-electron chi connectivity index (χ4n) is 2.11. The molecule has 2 rings (SSSR count). The summed E-state index contributed by atoms with van der Waals surface area (Å²) in [5, 5.41) is 17.2. The number of ether oxygens (including phenoxy) is 1. The van der Waals surface area contributed by atoms with Crippen LogP contribution in [0.3, 0.4) is 0 Å². The van der Waals surface area contributed by atoms with Gasteiger partial charge < -0.3 is 4.74 Å². The summed E-state index contributed by atoms with van der Waals surface area (Å²) in [6.07, 6.45) is 2.88. The monoisotopic (exact) mass is 298 g/mol. The molecule has 0 aliphatic carbocycles. The lowest BCUT2D eigenvalue weighted by Gasteiger charge is -2.10. The van der Waals surface area contributed by atoms with Gasteiger partial charge in [-0.2, -0.15) is 5.26 Å². The molecule has 0 bridgehead atoms. The zero-order chi connectivity index (χ0) is 15.9. The van der Waals surface area contributed by atoms with Crippen LogP contribution in [0, 0.1) is 17.2 Å². The largest absolute Gasteiger partial charge is 0.493 e. The lowest BCUT2D eigenvalue weighted by molar-refractivity contribution is 0.271. The van der Waals surface area contributed by atoms with E-state index < -0.39 is 0 Å². The normalized spacial score (nSPS) is 10.7. The molecule has 0 spiro atoms. The summed E-state index contributed by atoms with van der Waals surface area (Å²) in [6, 6.07) is 9.86. The van der Waals surface area contributed by atoms with Crippen LogP contribution in [0.2, 0.25) is 0 Å². The minimum absolute atomic E-state index is 0.411. The van der Waals surface area contributed by atoms with E-state index in [4.69, 9.17) is 10.00 Å². The highest BCUT2D eigenvalue weighted by molar-refractivity contribution is 5.40. The fraction of sp³-hybridized carbons (Fsp3) is 0.471. The smallest absolute Gasteiger partial charge is 0.186 e. The van der Waals surface area contributed by atoms with E-state index in [0.717, 1.165) is 36.4 Å². The van der Waals surface area contributed by atoms with E-state index in [2.05, 4.69) is 37.2 Å². The average molecular weight is 298 g/mol. The second-order valence-electron chi connectivity index (χ2n) is 5.71. The quantitative estimate of drug-likeness (QED) is 0.784. The number of benzene rings is 1. The number of hydrogen-bond acceptors (Lipinski definition) is 4. The molecular formula is C17H22N4O. The van der Waals surface area contributed by atoms with Gasteiger partial charge in [-0.3, -0.25) is 0 Å². The van der Waals surface area contributed by atoms with Crippen molar-refractivity contribution in [3.63, 3.8) is 0 Å². The predicted molar refractivity (Wildman–Crippen MR) is 85.0 cm³/mol. The molecule has 0 atom stereocenters. The SMILES string of the molecule is CCCCc1c(C#N)nnn1-c1ccc(OCC(C)C)cc1. The van der Waals surface area contributed by atoms with Crippen molar-refractivity contribution in [3.05, 3.63) is 35.7 Å². The van der Waals surface area contributed by atoms with Gasteiger partial charge in [0.2, 0.25) is 0 Å². The van der Waals surface area contributed by atoms with Gasteiger partial charge in [-0.1, -0.05) is 32.4 Å². The number of nitriles is 1. The average Bonchev–Trinajstić information content (AvgIpc) is 2.94. The molecule has 0 saturated carbocycles. The highest BCUT2D eigenvalue weighted by atomic mass is 16.5. The van der Waals surface area contributed by atoms with E-state index in [0.29, 0.717) is 18.2 Å². The van der Waals surface area contributed by atoms with E-state index in [-0.39, 0.29) is 0 Å². The zero-order valence-electron chi connectivity index (χ0n) is 13.4. The Morgan fingerprint density at radius 1 is 1.27 bits per heavy atom. The first-order valence-corrected chi connectivity index (χ1v) is 7.73. The molecule has 0 aliphatic heterocycles. The van der Waals surface area contributed by atoms with Crippen LogP contribution in [0.5, 0.6) is 5.75 Å². The van der Waals surface area contributed by atoms with E-state index in [1.54, 1.807) is 4.68 Å². The van der Waals surface area contributed by atoms with Crippen molar-refractivity contribution in [2.24, 2.45) is 5.92 Å². The third-order valence-corrected chi connectivity index (χ3v) is 3.30. The van der Waals surface area contributed by atoms with Gasteiger partial charge in [-0.15, -0.1) is 5.10 Å². The number of rotatable bonds is 7. The Hall–Kier alpha value is -2.35. The number of aromatic nitrogens is 3. The van der Waals surface area contributed by atoms with Crippen molar-refractivity contribution in [2.75, 3.05) is 6.61 Å². The Morgan fingerprint density at radius 2 is 2.00 bits per heavy atom. The summed E-state index contributed by atoms with van der Waals surface area (Å²) in [5.41, 5.74) is 2.19. The molecule has 1 aromatic carbocycles. The van der Waals surface area contributed by atoms with Crippen molar-refractivity contribution in [1.82, 2.24) is 15.0 Å². The van der Waals surface area contributed by atoms with Gasteiger partial charge in [-0.05, 0) is 43.0 Å². The van der Waals surface area contributed by atoms with E-state index >= 15 is 0 Å². The lowest BCUT2D eigenvalue weighted by Crippen LogP contribution is -2.05. The Labute approximate surface area is 131 Å². The molecule has 5 nitrogen and oxygen atoms in total. The Bertz CT molecular complexity index is 638. The van der Waals surface area contributed by atoms with Gasteiger partial charge in [-0.25, -0.2) is 4.68 Å². The number of hydrogen-bond donors (Lipinski definition) is 0. The van der Waals surface area contributed by atoms with Crippen molar-refractivity contribution in [2.45, 2.75) is 40.0 Å². The van der Waals surface area contributed by atoms with Crippen molar-refractivity contribution < 1.29 is 4.74 Å². The fourth-order valence-corrected chi connectivity index (χ4v) is 2.11. The highest BCUT2D eigenvalue weighted by Crippen LogP contribution is 2.19. The van der Waals surface area contributed by atoms with Crippen LogP contribution >= 0.6 is 0 Å². The standard InChI is InChI=1S/C17H22N4O/c1-4-5-6-17-16(11-18)19-20-21(17)14-7-9-15(10-8-14)22-12-13(2)3/h7-10,13H,4-6,12H2,1-3H3. The molecule has 116 valence electrons. The van der Waals surface area contributed by atoms with Crippen LogP contribution in [0.25, 0.3) is 5.69 Å². The van der Waals surface area contributed by atoms with E-state index in [1.165, 1.54) is 0 Å². The number of unbranched alkanes of at least 4 members (excludes halogenated alkanes) is 1. The second kappa shape index (κ2) is 7.60. The summed E-state index contributed by atoms with van der Waals surface area (Å²) in [5.74, 6) is 1.34. The first-order chi connectivity index (χ1) is 10.7. The molecule has 0 N–H and O–H groups in total. The zero-order valence-corrected chi connectivity index (χ0v) is 13.4. The first-order valence-electron chi connectivity index (χ1n) is 7.73. The summed E-state index contributed by atoms with van der Waals surface area (Å²) in [7, 11) is 0. The Morgan fingerprint density at radius 3 is 2.59 bits per heavy atom. The maximum Gasteiger partial charge on any atom is 0.186 e. The molecule has 0 fully saturated rings.